The first-order valence-corrected chi connectivity index (χ1v) is 4.43. The summed E-state index contributed by atoms with van der Waals surface area (Å²) in [5.74, 6) is -5.59. The van der Waals surface area contributed by atoms with E-state index in [1.54, 1.807) is 0 Å². The second-order valence-electron chi connectivity index (χ2n) is 3.30. The van der Waals surface area contributed by atoms with Crippen molar-refractivity contribution < 1.29 is 27.9 Å². The number of carbonyl (C=O) groups excluding carboxylic acids is 1. The van der Waals surface area contributed by atoms with Crippen LogP contribution >= 0.6 is 0 Å². The fourth-order valence-corrected chi connectivity index (χ4v) is 1.33. The van der Waals surface area contributed by atoms with Crippen LogP contribution < -0.4 is 0 Å². The Labute approximate surface area is 94.3 Å². The molecule has 92 valence electrons. The Bertz CT molecular complexity index is 464. The Morgan fingerprint density at radius 2 is 1.82 bits per heavy atom. The van der Waals surface area contributed by atoms with Gasteiger partial charge in [-0.3, -0.25) is 4.79 Å². The van der Waals surface area contributed by atoms with Gasteiger partial charge in [0.05, 0.1) is 0 Å². The van der Waals surface area contributed by atoms with Crippen LogP contribution in [-0.4, -0.2) is 29.4 Å². The number of likely N-dealkylation sites (N-methyl/N-ethyl adjacent to an activating group) is 1. The third-order valence-corrected chi connectivity index (χ3v) is 2.14. The lowest BCUT2D eigenvalue weighted by atomic mass is 10.1. The zero-order valence-electron chi connectivity index (χ0n) is 8.65. The number of hydrogen-bond acceptors (Lipinski definition) is 2. The van der Waals surface area contributed by atoms with Crippen LogP contribution in [0.25, 0.3) is 0 Å². The quantitative estimate of drug-likeness (QED) is 0.644. The average molecular weight is 247 g/mol. The molecule has 1 amide bonds. The molecule has 0 saturated heterocycles. The van der Waals surface area contributed by atoms with Gasteiger partial charge in [-0.15, -0.1) is 0 Å². The van der Waals surface area contributed by atoms with E-state index >= 15 is 0 Å². The van der Waals surface area contributed by atoms with E-state index in [1.165, 1.54) is 0 Å². The molecular weight excluding hydrogens is 239 g/mol. The molecule has 1 N–H and O–H groups in total. The average Bonchev–Trinajstić information content (AvgIpc) is 2.25. The Kier molecular flexibility index (Phi) is 3.72. The standard InChI is InChI=1S/C10H8F3NO3/c1-14(4-15)9(10(16)17)5-2-7(12)8(13)3-6(5)11/h2-4,9H,1H3,(H,16,17). The molecule has 0 bridgehead atoms. The summed E-state index contributed by atoms with van der Waals surface area (Å²) in [5, 5.41) is 8.83. The Hall–Kier alpha value is -2.05. The molecule has 7 heteroatoms. The van der Waals surface area contributed by atoms with Crippen molar-refractivity contribution in [1.29, 1.82) is 0 Å². The maximum absolute atomic E-state index is 13.3. The summed E-state index contributed by atoms with van der Waals surface area (Å²) in [6.07, 6.45) is 0.152. The third kappa shape index (κ3) is 2.55. The highest BCUT2D eigenvalue weighted by molar-refractivity contribution is 5.78. The second-order valence-corrected chi connectivity index (χ2v) is 3.30. The summed E-state index contributed by atoms with van der Waals surface area (Å²) in [6, 6.07) is -1.05. The zero-order chi connectivity index (χ0) is 13.2. The Morgan fingerprint density at radius 3 is 2.29 bits per heavy atom. The molecule has 0 heterocycles. The van der Waals surface area contributed by atoms with Crippen molar-refractivity contribution in [2.75, 3.05) is 7.05 Å². The van der Waals surface area contributed by atoms with Crippen LogP contribution in [0.1, 0.15) is 11.6 Å². The van der Waals surface area contributed by atoms with Gasteiger partial charge in [-0.05, 0) is 6.07 Å². The summed E-state index contributed by atoms with van der Waals surface area (Å²) in [6.45, 7) is 0. The molecule has 0 fully saturated rings. The number of carboxylic acids is 1. The van der Waals surface area contributed by atoms with Crippen LogP contribution in [0.2, 0.25) is 0 Å². The number of halogens is 3. The van der Waals surface area contributed by atoms with Crippen LogP contribution in [0.5, 0.6) is 0 Å². The minimum absolute atomic E-state index is 0.152. The number of hydrogen-bond donors (Lipinski definition) is 1. The molecule has 1 atom stereocenters. The molecule has 1 aromatic rings. The van der Waals surface area contributed by atoms with E-state index in [-0.39, 0.29) is 12.5 Å². The summed E-state index contributed by atoms with van der Waals surface area (Å²) in [7, 11) is 1.09. The second kappa shape index (κ2) is 4.86. The van der Waals surface area contributed by atoms with Gasteiger partial charge in [0.1, 0.15) is 5.82 Å². The van der Waals surface area contributed by atoms with Gasteiger partial charge in [0.25, 0.3) is 0 Å². The molecule has 0 spiro atoms. The van der Waals surface area contributed by atoms with E-state index in [0.29, 0.717) is 11.0 Å². The lowest BCUT2D eigenvalue weighted by molar-refractivity contribution is -0.145. The van der Waals surface area contributed by atoms with E-state index in [1.807, 2.05) is 0 Å². The summed E-state index contributed by atoms with van der Waals surface area (Å²) < 4.78 is 38.9. The fraction of sp³-hybridized carbons (Fsp3) is 0.200. The van der Waals surface area contributed by atoms with Gasteiger partial charge < -0.3 is 10.0 Å². The molecule has 0 aromatic heterocycles. The molecule has 0 aliphatic carbocycles. The third-order valence-electron chi connectivity index (χ3n) is 2.14. The summed E-state index contributed by atoms with van der Waals surface area (Å²) >= 11 is 0. The Balaban J connectivity index is 3.33. The fourth-order valence-electron chi connectivity index (χ4n) is 1.33. The molecule has 4 nitrogen and oxygen atoms in total. The zero-order valence-corrected chi connectivity index (χ0v) is 8.65. The van der Waals surface area contributed by atoms with Crippen LogP contribution in [0.3, 0.4) is 0 Å². The Morgan fingerprint density at radius 1 is 1.29 bits per heavy atom. The lowest BCUT2D eigenvalue weighted by Gasteiger charge is -2.21. The highest BCUT2D eigenvalue weighted by atomic mass is 19.2. The number of carbonyl (C=O) groups is 2. The number of rotatable bonds is 4. The van der Waals surface area contributed by atoms with E-state index in [9.17, 15) is 22.8 Å². The molecule has 1 unspecified atom stereocenters. The van der Waals surface area contributed by atoms with Crippen LogP contribution in [0.4, 0.5) is 13.2 Å². The SMILES string of the molecule is CN(C=O)C(C(=O)O)c1cc(F)c(F)cc1F. The first-order valence-electron chi connectivity index (χ1n) is 4.43. The van der Waals surface area contributed by atoms with E-state index < -0.39 is 35.0 Å². The van der Waals surface area contributed by atoms with Gasteiger partial charge in [-0.25, -0.2) is 18.0 Å². The molecule has 0 aliphatic rings. The number of carboxylic acid groups (broad SMARTS) is 1. The largest absolute Gasteiger partial charge is 0.479 e. The van der Waals surface area contributed by atoms with Gasteiger partial charge >= 0.3 is 5.97 Å². The van der Waals surface area contributed by atoms with Crippen molar-refractivity contribution >= 4 is 12.4 Å². The van der Waals surface area contributed by atoms with E-state index in [4.69, 9.17) is 5.11 Å². The van der Waals surface area contributed by atoms with Crippen LogP contribution in [-0.2, 0) is 9.59 Å². The number of amides is 1. The molecule has 1 aromatic carbocycles. The van der Waals surface area contributed by atoms with E-state index in [0.717, 1.165) is 7.05 Å². The highest BCUT2D eigenvalue weighted by Crippen LogP contribution is 2.24. The molecule has 0 aliphatic heterocycles. The lowest BCUT2D eigenvalue weighted by Crippen LogP contribution is -2.30. The van der Waals surface area contributed by atoms with Gasteiger partial charge in [-0.2, -0.15) is 0 Å². The first-order chi connectivity index (χ1) is 7.88. The first kappa shape index (κ1) is 13.0. The maximum Gasteiger partial charge on any atom is 0.331 e. The molecule has 0 radical (unpaired) electrons. The van der Waals surface area contributed by atoms with Gasteiger partial charge in [0, 0.05) is 18.7 Å². The number of benzene rings is 1. The number of nitrogens with zero attached hydrogens (tertiary/aromatic N) is 1. The van der Waals surface area contributed by atoms with Crippen LogP contribution in [0, 0.1) is 17.5 Å². The molecular formula is C10H8F3NO3. The van der Waals surface area contributed by atoms with Gasteiger partial charge in [0.2, 0.25) is 6.41 Å². The van der Waals surface area contributed by atoms with Crippen molar-refractivity contribution in [3.8, 4) is 0 Å². The molecule has 0 saturated carbocycles. The maximum atomic E-state index is 13.3. The van der Waals surface area contributed by atoms with Crippen molar-refractivity contribution in [3.63, 3.8) is 0 Å². The van der Waals surface area contributed by atoms with Crippen molar-refractivity contribution in [3.05, 3.63) is 35.1 Å². The topological polar surface area (TPSA) is 57.6 Å². The van der Waals surface area contributed by atoms with Crippen molar-refractivity contribution in [1.82, 2.24) is 4.90 Å². The predicted octanol–water partition coefficient (Wildman–Crippen LogP) is 1.32. The van der Waals surface area contributed by atoms with Crippen LogP contribution in [0.15, 0.2) is 12.1 Å². The number of aliphatic carboxylic acids is 1. The normalized spacial score (nSPS) is 12.0. The molecule has 1 rings (SSSR count). The smallest absolute Gasteiger partial charge is 0.331 e. The monoisotopic (exact) mass is 247 g/mol. The van der Waals surface area contributed by atoms with Gasteiger partial charge in [-0.1, -0.05) is 0 Å². The predicted molar refractivity (Wildman–Crippen MR) is 50.5 cm³/mol. The minimum Gasteiger partial charge on any atom is -0.479 e. The summed E-state index contributed by atoms with van der Waals surface area (Å²) in [4.78, 5) is 22.0. The molecule has 17 heavy (non-hydrogen) atoms. The minimum atomic E-state index is -1.71. The highest BCUT2D eigenvalue weighted by Gasteiger charge is 2.28. The van der Waals surface area contributed by atoms with E-state index in [2.05, 4.69) is 0 Å². The summed E-state index contributed by atoms with van der Waals surface area (Å²) in [5.41, 5.74) is -0.619. The van der Waals surface area contributed by atoms with Crippen molar-refractivity contribution in [2.45, 2.75) is 6.04 Å². The van der Waals surface area contributed by atoms with Crippen molar-refractivity contribution in [2.24, 2.45) is 0 Å². The van der Waals surface area contributed by atoms with Gasteiger partial charge in [0.15, 0.2) is 17.7 Å².